The Morgan fingerprint density at radius 2 is 2.38 bits per heavy atom. The summed E-state index contributed by atoms with van der Waals surface area (Å²) in [6.45, 7) is 0. The molecule has 0 spiro atoms. The largest absolute Gasteiger partial charge is 0.364 e. The Hall–Kier alpha value is -1.36. The minimum atomic E-state index is -0.518. The molecule has 2 aromatic rings. The van der Waals surface area contributed by atoms with E-state index in [1.165, 1.54) is 0 Å². The van der Waals surface area contributed by atoms with Gasteiger partial charge in [-0.1, -0.05) is 0 Å². The number of pyridine rings is 1. The van der Waals surface area contributed by atoms with Gasteiger partial charge in [0.05, 0.1) is 4.47 Å². The number of rotatable bonds is 1. The van der Waals surface area contributed by atoms with Crippen LogP contribution in [0.15, 0.2) is 29.0 Å². The van der Waals surface area contributed by atoms with E-state index >= 15 is 0 Å². The summed E-state index contributed by atoms with van der Waals surface area (Å²) >= 11 is 3.32. The van der Waals surface area contributed by atoms with Crippen LogP contribution in [0.3, 0.4) is 0 Å². The van der Waals surface area contributed by atoms with Crippen molar-refractivity contribution in [2.24, 2.45) is 5.73 Å². The summed E-state index contributed by atoms with van der Waals surface area (Å²) in [6, 6.07) is 3.71. The van der Waals surface area contributed by atoms with Crippen molar-refractivity contribution in [3.63, 3.8) is 0 Å². The first-order chi connectivity index (χ1) is 6.18. The van der Waals surface area contributed by atoms with Gasteiger partial charge in [0.2, 0.25) is 0 Å². The lowest BCUT2D eigenvalue weighted by molar-refractivity contribution is 0.0996. The Morgan fingerprint density at radius 3 is 3.00 bits per heavy atom. The summed E-state index contributed by atoms with van der Waals surface area (Å²) in [7, 11) is 0. The zero-order chi connectivity index (χ0) is 9.42. The van der Waals surface area contributed by atoms with Crippen molar-refractivity contribution >= 4 is 27.5 Å². The maximum atomic E-state index is 10.8. The fraction of sp³-hybridized carbons (Fsp3) is 0. The summed E-state index contributed by atoms with van der Waals surface area (Å²) < 4.78 is 2.58. The minimum Gasteiger partial charge on any atom is -0.364 e. The van der Waals surface area contributed by atoms with Gasteiger partial charge in [0.1, 0.15) is 5.69 Å². The number of imidazole rings is 1. The highest BCUT2D eigenvalue weighted by Gasteiger charge is 2.07. The van der Waals surface area contributed by atoms with E-state index < -0.39 is 5.91 Å². The van der Waals surface area contributed by atoms with Crippen LogP contribution in [0.2, 0.25) is 0 Å². The van der Waals surface area contributed by atoms with Crippen molar-refractivity contribution in [2.75, 3.05) is 0 Å². The Kier molecular flexibility index (Phi) is 1.81. The Morgan fingerprint density at radius 1 is 1.62 bits per heavy atom. The van der Waals surface area contributed by atoms with Crippen molar-refractivity contribution in [2.45, 2.75) is 0 Å². The Labute approximate surface area is 82.5 Å². The van der Waals surface area contributed by atoms with Crippen molar-refractivity contribution in [3.8, 4) is 0 Å². The van der Waals surface area contributed by atoms with E-state index in [0.29, 0.717) is 5.65 Å². The van der Waals surface area contributed by atoms with Gasteiger partial charge < -0.3 is 10.1 Å². The quantitative estimate of drug-likeness (QED) is 0.813. The average molecular weight is 240 g/mol. The number of carbonyl (C=O) groups excluding carboxylic acids is 1. The second kappa shape index (κ2) is 2.85. The van der Waals surface area contributed by atoms with E-state index in [9.17, 15) is 4.79 Å². The number of fused-ring (bicyclic) bond motifs is 1. The number of nitrogens with two attached hydrogens (primary N) is 1. The van der Waals surface area contributed by atoms with Crippen LogP contribution in [0, 0.1) is 0 Å². The third-order valence-electron chi connectivity index (χ3n) is 1.69. The van der Waals surface area contributed by atoms with Crippen LogP contribution in [0.25, 0.3) is 5.65 Å². The molecular formula is C8H6BrN3O. The smallest absolute Gasteiger partial charge is 0.268 e. The summed E-state index contributed by atoms with van der Waals surface area (Å²) in [5, 5.41) is 0. The lowest BCUT2D eigenvalue weighted by atomic mass is 10.5. The minimum absolute atomic E-state index is 0.270. The Bertz CT molecular complexity index is 477. The van der Waals surface area contributed by atoms with Crippen molar-refractivity contribution < 1.29 is 4.79 Å². The Balaban J connectivity index is 2.75. The molecule has 0 saturated carbocycles. The molecule has 0 aliphatic rings. The van der Waals surface area contributed by atoms with Crippen molar-refractivity contribution in [3.05, 3.63) is 34.7 Å². The molecule has 0 atom stereocenters. The zero-order valence-electron chi connectivity index (χ0n) is 6.57. The van der Waals surface area contributed by atoms with Crippen molar-refractivity contribution in [1.29, 1.82) is 0 Å². The van der Waals surface area contributed by atoms with E-state index in [1.54, 1.807) is 16.8 Å². The van der Waals surface area contributed by atoms with Gasteiger partial charge in [0, 0.05) is 12.4 Å². The molecular weight excluding hydrogens is 234 g/mol. The number of carbonyl (C=O) groups is 1. The van der Waals surface area contributed by atoms with E-state index in [2.05, 4.69) is 20.9 Å². The van der Waals surface area contributed by atoms with Crippen LogP contribution >= 0.6 is 15.9 Å². The average Bonchev–Trinajstić information content (AvgIpc) is 2.49. The molecule has 2 N–H and O–H groups in total. The molecule has 0 aliphatic heterocycles. The predicted molar refractivity (Wildman–Crippen MR) is 51.4 cm³/mol. The van der Waals surface area contributed by atoms with Gasteiger partial charge in [-0.25, -0.2) is 4.98 Å². The molecule has 0 aliphatic carbocycles. The van der Waals surface area contributed by atoms with E-state index in [4.69, 9.17) is 5.73 Å². The molecule has 0 radical (unpaired) electrons. The highest BCUT2D eigenvalue weighted by atomic mass is 79.9. The number of hydrogen-bond acceptors (Lipinski definition) is 2. The molecule has 2 aromatic heterocycles. The SMILES string of the molecule is NC(=O)c1cn2cccc(Br)c2n1. The first-order valence-corrected chi connectivity index (χ1v) is 4.41. The maximum absolute atomic E-state index is 10.8. The molecule has 5 heteroatoms. The first kappa shape index (κ1) is 8.25. The van der Waals surface area contributed by atoms with E-state index in [-0.39, 0.29) is 5.69 Å². The predicted octanol–water partition coefficient (Wildman–Crippen LogP) is 1.20. The monoisotopic (exact) mass is 239 g/mol. The summed E-state index contributed by atoms with van der Waals surface area (Å²) in [6.07, 6.45) is 3.40. The zero-order valence-corrected chi connectivity index (χ0v) is 8.15. The van der Waals surface area contributed by atoms with Gasteiger partial charge in [-0.3, -0.25) is 4.79 Å². The number of nitrogens with zero attached hydrogens (tertiary/aromatic N) is 2. The third kappa shape index (κ3) is 1.31. The second-order valence-corrected chi connectivity index (χ2v) is 3.43. The van der Waals surface area contributed by atoms with Crippen LogP contribution in [0.5, 0.6) is 0 Å². The molecule has 0 unspecified atom stereocenters. The number of primary amides is 1. The first-order valence-electron chi connectivity index (χ1n) is 3.61. The van der Waals surface area contributed by atoms with Crippen LogP contribution in [0.1, 0.15) is 10.5 Å². The van der Waals surface area contributed by atoms with Crippen LogP contribution in [-0.2, 0) is 0 Å². The molecule has 4 nitrogen and oxygen atoms in total. The van der Waals surface area contributed by atoms with Gasteiger partial charge in [-0.2, -0.15) is 0 Å². The standard InChI is InChI=1S/C8H6BrN3O/c9-5-2-1-3-12-4-6(7(10)13)11-8(5)12/h1-4H,(H2,10,13). The summed E-state index contributed by atoms with van der Waals surface area (Å²) in [4.78, 5) is 14.9. The molecule has 0 saturated heterocycles. The van der Waals surface area contributed by atoms with Crippen LogP contribution in [0.4, 0.5) is 0 Å². The van der Waals surface area contributed by atoms with Gasteiger partial charge in [-0.05, 0) is 28.1 Å². The molecule has 0 bridgehead atoms. The highest BCUT2D eigenvalue weighted by Crippen LogP contribution is 2.16. The molecule has 13 heavy (non-hydrogen) atoms. The van der Waals surface area contributed by atoms with E-state index in [1.807, 2.05) is 12.1 Å². The summed E-state index contributed by atoms with van der Waals surface area (Å²) in [5.74, 6) is -0.518. The van der Waals surface area contributed by atoms with Crippen LogP contribution in [-0.4, -0.2) is 15.3 Å². The van der Waals surface area contributed by atoms with Gasteiger partial charge in [0.15, 0.2) is 5.65 Å². The molecule has 0 aromatic carbocycles. The molecule has 0 fully saturated rings. The lowest BCUT2D eigenvalue weighted by Crippen LogP contribution is -2.10. The molecule has 2 heterocycles. The fourth-order valence-corrected chi connectivity index (χ4v) is 1.54. The third-order valence-corrected chi connectivity index (χ3v) is 2.31. The number of halogens is 1. The maximum Gasteiger partial charge on any atom is 0.268 e. The highest BCUT2D eigenvalue weighted by molar-refractivity contribution is 9.10. The molecule has 2 rings (SSSR count). The topological polar surface area (TPSA) is 60.4 Å². The lowest BCUT2D eigenvalue weighted by Gasteiger charge is -1.92. The van der Waals surface area contributed by atoms with Gasteiger partial charge >= 0.3 is 0 Å². The second-order valence-electron chi connectivity index (χ2n) is 2.58. The number of amides is 1. The van der Waals surface area contributed by atoms with Crippen LogP contribution < -0.4 is 5.73 Å². The molecule has 1 amide bonds. The normalized spacial score (nSPS) is 10.5. The number of hydrogen-bond donors (Lipinski definition) is 1. The van der Waals surface area contributed by atoms with Crippen molar-refractivity contribution in [1.82, 2.24) is 9.38 Å². The van der Waals surface area contributed by atoms with Gasteiger partial charge in [0.25, 0.3) is 5.91 Å². The summed E-state index contributed by atoms with van der Waals surface area (Å²) in [5.41, 5.74) is 6.06. The fourth-order valence-electron chi connectivity index (χ4n) is 1.10. The van der Waals surface area contributed by atoms with Gasteiger partial charge in [-0.15, -0.1) is 0 Å². The molecule has 66 valence electrons. The number of aromatic nitrogens is 2. The van der Waals surface area contributed by atoms with E-state index in [0.717, 1.165) is 4.47 Å².